The predicted octanol–water partition coefficient (Wildman–Crippen LogP) is -0.697. The Morgan fingerprint density at radius 2 is 1.92 bits per heavy atom. The van der Waals surface area contributed by atoms with Crippen molar-refractivity contribution in [1.82, 2.24) is 9.44 Å². The molecule has 0 atom stereocenters. The molecule has 1 aliphatic rings. The van der Waals surface area contributed by atoms with Gasteiger partial charge in [-0.25, -0.2) is 0 Å². The summed E-state index contributed by atoms with van der Waals surface area (Å²) in [6.07, 6.45) is 3.94. The highest BCUT2D eigenvalue weighted by Gasteiger charge is 2.20. The quantitative estimate of drug-likeness (QED) is 0.518. The van der Waals surface area contributed by atoms with Gasteiger partial charge in [0.2, 0.25) is 0 Å². The van der Waals surface area contributed by atoms with Crippen molar-refractivity contribution in [2.75, 3.05) is 6.73 Å². The second-order valence-electron chi connectivity index (χ2n) is 2.91. The minimum Gasteiger partial charge on any atom is -0.380 e. The Morgan fingerprint density at radius 3 is 2.42 bits per heavy atom. The van der Waals surface area contributed by atoms with E-state index >= 15 is 0 Å². The third-order valence-electron chi connectivity index (χ3n) is 1.93. The van der Waals surface area contributed by atoms with Crippen LogP contribution in [0.4, 0.5) is 0 Å². The minimum absolute atomic E-state index is 0.0500. The minimum atomic E-state index is -3.47. The molecular weight excluding hydrogens is 180 g/mol. The summed E-state index contributed by atoms with van der Waals surface area (Å²) in [5.41, 5.74) is 0. The molecule has 0 aliphatic heterocycles. The summed E-state index contributed by atoms with van der Waals surface area (Å²) in [6, 6.07) is 0.0500. The highest BCUT2D eigenvalue weighted by Crippen LogP contribution is 2.17. The molecule has 0 unspecified atom stereocenters. The summed E-state index contributed by atoms with van der Waals surface area (Å²) >= 11 is 0. The number of aliphatic hydroxyl groups excluding tert-OH is 1. The Kier molecular flexibility index (Phi) is 3.45. The zero-order valence-corrected chi connectivity index (χ0v) is 7.60. The summed E-state index contributed by atoms with van der Waals surface area (Å²) in [7, 11) is -3.47. The molecule has 1 saturated carbocycles. The van der Waals surface area contributed by atoms with Gasteiger partial charge in [-0.15, -0.1) is 0 Å². The van der Waals surface area contributed by atoms with E-state index < -0.39 is 16.9 Å². The van der Waals surface area contributed by atoms with Crippen molar-refractivity contribution in [3.63, 3.8) is 0 Å². The van der Waals surface area contributed by atoms with Gasteiger partial charge >= 0.3 is 0 Å². The van der Waals surface area contributed by atoms with Gasteiger partial charge in [-0.1, -0.05) is 12.8 Å². The number of aliphatic hydroxyl groups is 1. The smallest absolute Gasteiger partial charge is 0.279 e. The fraction of sp³-hybridized carbons (Fsp3) is 1.00. The van der Waals surface area contributed by atoms with E-state index in [9.17, 15) is 8.42 Å². The molecule has 72 valence electrons. The predicted molar refractivity (Wildman–Crippen MR) is 44.5 cm³/mol. The molecule has 1 rings (SSSR count). The number of hydrogen-bond donors (Lipinski definition) is 3. The summed E-state index contributed by atoms with van der Waals surface area (Å²) < 4.78 is 26.4. The highest BCUT2D eigenvalue weighted by molar-refractivity contribution is 7.87. The third-order valence-corrected chi connectivity index (χ3v) is 3.08. The second kappa shape index (κ2) is 4.18. The fourth-order valence-corrected chi connectivity index (χ4v) is 2.32. The largest absolute Gasteiger partial charge is 0.380 e. The molecule has 0 aromatic carbocycles. The molecule has 0 aromatic rings. The van der Waals surface area contributed by atoms with Crippen molar-refractivity contribution < 1.29 is 13.5 Å². The highest BCUT2D eigenvalue weighted by atomic mass is 32.2. The average Bonchev–Trinajstić information content (AvgIpc) is 2.38. The first kappa shape index (κ1) is 9.91. The van der Waals surface area contributed by atoms with Gasteiger partial charge in [0.05, 0.1) is 0 Å². The van der Waals surface area contributed by atoms with E-state index in [1.54, 1.807) is 0 Å². The first-order valence-electron chi connectivity index (χ1n) is 4.02. The molecule has 0 spiro atoms. The Hall–Kier alpha value is -0.170. The number of hydrogen-bond acceptors (Lipinski definition) is 3. The fourth-order valence-electron chi connectivity index (χ4n) is 1.39. The zero-order chi connectivity index (χ0) is 9.03. The van der Waals surface area contributed by atoms with Gasteiger partial charge in [0.1, 0.15) is 6.73 Å². The first-order chi connectivity index (χ1) is 5.64. The van der Waals surface area contributed by atoms with Crippen LogP contribution in [-0.4, -0.2) is 26.3 Å². The van der Waals surface area contributed by atoms with Crippen molar-refractivity contribution >= 4 is 10.2 Å². The molecule has 0 radical (unpaired) electrons. The Bertz CT molecular complexity index is 221. The van der Waals surface area contributed by atoms with Crippen molar-refractivity contribution in [1.29, 1.82) is 0 Å². The lowest BCUT2D eigenvalue weighted by Crippen LogP contribution is -2.41. The Labute approximate surface area is 72.3 Å². The number of rotatable bonds is 4. The van der Waals surface area contributed by atoms with Crippen LogP contribution in [0.5, 0.6) is 0 Å². The topological polar surface area (TPSA) is 78.4 Å². The Morgan fingerprint density at radius 1 is 1.33 bits per heavy atom. The van der Waals surface area contributed by atoms with Crippen molar-refractivity contribution in [2.45, 2.75) is 31.7 Å². The van der Waals surface area contributed by atoms with Gasteiger partial charge in [-0.3, -0.25) is 0 Å². The molecule has 12 heavy (non-hydrogen) atoms. The first-order valence-corrected chi connectivity index (χ1v) is 5.50. The van der Waals surface area contributed by atoms with E-state index in [0.717, 1.165) is 25.7 Å². The van der Waals surface area contributed by atoms with Crippen molar-refractivity contribution in [3.8, 4) is 0 Å². The average molecular weight is 194 g/mol. The maximum atomic E-state index is 11.0. The van der Waals surface area contributed by atoms with Crippen LogP contribution in [0.15, 0.2) is 0 Å². The molecule has 0 heterocycles. The molecule has 1 aliphatic carbocycles. The van der Waals surface area contributed by atoms with Crippen LogP contribution in [0, 0.1) is 0 Å². The van der Waals surface area contributed by atoms with Gasteiger partial charge in [0.25, 0.3) is 10.2 Å². The van der Waals surface area contributed by atoms with Crippen LogP contribution in [-0.2, 0) is 10.2 Å². The number of nitrogens with one attached hydrogen (secondary N) is 2. The lowest BCUT2D eigenvalue weighted by molar-refractivity contribution is 0.287. The molecule has 3 N–H and O–H groups in total. The van der Waals surface area contributed by atoms with E-state index in [4.69, 9.17) is 5.11 Å². The van der Waals surface area contributed by atoms with Gasteiger partial charge in [0.15, 0.2) is 0 Å². The molecule has 0 amide bonds. The Balaban J connectivity index is 2.38. The molecule has 1 fully saturated rings. The van der Waals surface area contributed by atoms with E-state index in [0.29, 0.717) is 0 Å². The summed E-state index contributed by atoms with van der Waals surface area (Å²) in [4.78, 5) is 0. The SMILES string of the molecule is O=S(=O)(NCO)NC1CCCC1. The van der Waals surface area contributed by atoms with Gasteiger partial charge in [0, 0.05) is 6.04 Å². The van der Waals surface area contributed by atoms with Crippen molar-refractivity contribution in [3.05, 3.63) is 0 Å². The molecule has 6 heteroatoms. The monoisotopic (exact) mass is 194 g/mol. The van der Waals surface area contributed by atoms with Crippen LogP contribution in [0.3, 0.4) is 0 Å². The maximum absolute atomic E-state index is 11.0. The lowest BCUT2D eigenvalue weighted by Gasteiger charge is -2.11. The maximum Gasteiger partial charge on any atom is 0.279 e. The van der Waals surface area contributed by atoms with Crippen LogP contribution < -0.4 is 9.44 Å². The lowest BCUT2D eigenvalue weighted by atomic mass is 10.3. The molecule has 0 saturated heterocycles. The van der Waals surface area contributed by atoms with Gasteiger partial charge < -0.3 is 5.11 Å². The molecule has 0 bridgehead atoms. The molecule has 5 nitrogen and oxygen atoms in total. The van der Waals surface area contributed by atoms with E-state index in [2.05, 4.69) is 4.72 Å². The van der Waals surface area contributed by atoms with Crippen molar-refractivity contribution in [2.24, 2.45) is 0 Å². The standard InChI is InChI=1S/C6H14N2O3S/c9-5-7-12(10,11)8-6-3-1-2-4-6/h6-9H,1-5H2. The molecule has 0 aromatic heterocycles. The van der Waals surface area contributed by atoms with Crippen LogP contribution in [0.25, 0.3) is 0 Å². The normalized spacial score (nSPS) is 20.1. The summed E-state index contributed by atoms with van der Waals surface area (Å²) in [5, 5.41) is 8.35. The third kappa shape index (κ3) is 3.06. The zero-order valence-electron chi connectivity index (χ0n) is 6.78. The van der Waals surface area contributed by atoms with Crippen LogP contribution >= 0.6 is 0 Å². The van der Waals surface area contributed by atoms with Crippen LogP contribution in [0.1, 0.15) is 25.7 Å². The van der Waals surface area contributed by atoms with Gasteiger partial charge in [-0.2, -0.15) is 17.9 Å². The molecular formula is C6H14N2O3S. The summed E-state index contributed by atoms with van der Waals surface area (Å²) in [6.45, 7) is -0.554. The second-order valence-corrected chi connectivity index (χ2v) is 4.44. The van der Waals surface area contributed by atoms with E-state index in [-0.39, 0.29) is 6.04 Å². The van der Waals surface area contributed by atoms with Gasteiger partial charge in [-0.05, 0) is 12.8 Å². The van der Waals surface area contributed by atoms with Crippen LogP contribution in [0.2, 0.25) is 0 Å². The van der Waals surface area contributed by atoms with E-state index in [1.165, 1.54) is 0 Å². The van der Waals surface area contributed by atoms with E-state index in [1.807, 2.05) is 4.72 Å². The summed E-state index contributed by atoms with van der Waals surface area (Å²) in [5.74, 6) is 0.